The third-order valence-corrected chi connectivity index (χ3v) is 5.08. The molecule has 1 amide bonds. The monoisotopic (exact) mass is 261 g/mol. The number of allylic oxidation sites excluding steroid dienone is 1. The fourth-order valence-corrected chi connectivity index (χ4v) is 4.07. The lowest BCUT2D eigenvalue weighted by molar-refractivity contribution is -0.136. The predicted molar refractivity (Wildman–Crippen MR) is 73.6 cm³/mol. The SMILES string of the molecule is CC(C1=CCCCC1)N1C(=O)CC2CCCC(=O)C21. The topological polar surface area (TPSA) is 37.4 Å². The van der Waals surface area contributed by atoms with Crippen molar-refractivity contribution in [3.05, 3.63) is 11.6 Å². The smallest absolute Gasteiger partial charge is 0.224 e. The van der Waals surface area contributed by atoms with Crippen LogP contribution in [0, 0.1) is 5.92 Å². The van der Waals surface area contributed by atoms with Crippen LogP contribution in [0.5, 0.6) is 0 Å². The summed E-state index contributed by atoms with van der Waals surface area (Å²) in [4.78, 5) is 26.4. The molecule has 3 unspecified atom stereocenters. The van der Waals surface area contributed by atoms with Gasteiger partial charge in [-0.2, -0.15) is 0 Å². The zero-order valence-corrected chi connectivity index (χ0v) is 11.7. The first-order valence-corrected chi connectivity index (χ1v) is 7.71. The van der Waals surface area contributed by atoms with Crippen molar-refractivity contribution in [3.8, 4) is 0 Å². The summed E-state index contributed by atoms with van der Waals surface area (Å²) in [5.74, 6) is 0.787. The molecule has 2 aliphatic carbocycles. The van der Waals surface area contributed by atoms with Gasteiger partial charge in [0, 0.05) is 12.8 Å². The van der Waals surface area contributed by atoms with E-state index in [1.807, 2.05) is 4.90 Å². The molecule has 3 nitrogen and oxygen atoms in total. The van der Waals surface area contributed by atoms with Crippen molar-refractivity contribution in [2.24, 2.45) is 5.92 Å². The van der Waals surface area contributed by atoms with Gasteiger partial charge in [-0.3, -0.25) is 9.59 Å². The summed E-state index contributed by atoms with van der Waals surface area (Å²) in [6, 6.07) is 0.0175. The van der Waals surface area contributed by atoms with E-state index in [4.69, 9.17) is 0 Å². The Morgan fingerprint density at radius 2 is 2.05 bits per heavy atom. The number of Topliss-reactive ketones (excluding diaryl/α,β-unsaturated/α-hetero) is 1. The van der Waals surface area contributed by atoms with Gasteiger partial charge in [0.2, 0.25) is 5.91 Å². The molecule has 0 radical (unpaired) electrons. The maximum absolute atomic E-state index is 12.3. The largest absolute Gasteiger partial charge is 0.326 e. The predicted octanol–water partition coefficient (Wildman–Crippen LogP) is 2.85. The minimum Gasteiger partial charge on any atom is -0.326 e. The number of fused-ring (bicyclic) bond motifs is 1. The zero-order chi connectivity index (χ0) is 13.4. The molecule has 3 heteroatoms. The lowest BCUT2D eigenvalue weighted by Crippen LogP contribution is -2.48. The molecule has 0 aromatic rings. The number of likely N-dealkylation sites (tertiary alicyclic amines) is 1. The van der Waals surface area contributed by atoms with E-state index in [9.17, 15) is 9.59 Å². The van der Waals surface area contributed by atoms with Crippen LogP contribution >= 0.6 is 0 Å². The quantitative estimate of drug-likeness (QED) is 0.717. The average Bonchev–Trinajstić information content (AvgIpc) is 2.76. The molecule has 0 spiro atoms. The summed E-state index contributed by atoms with van der Waals surface area (Å²) in [6.45, 7) is 2.11. The Labute approximate surface area is 115 Å². The van der Waals surface area contributed by atoms with E-state index in [1.54, 1.807) is 0 Å². The second-order valence-corrected chi connectivity index (χ2v) is 6.27. The molecule has 1 heterocycles. The summed E-state index contributed by atoms with van der Waals surface area (Å²) in [5, 5.41) is 0. The van der Waals surface area contributed by atoms with Gasteiger partial charge in [-0.05, 0) is 51.4 Å². The number of carbonyl (C=O) groups is 2. The van der Waals surface area contributed by atoms with E-state index in [0.29, 0.717) is 24.5 Å². The molecule has 0 bridgehead atoms. The molecule has 3 atom stereocenters. The Kier molecular flexibility index (Phi) is 3.46. The van der Waals surface area contributed by atoms with E-state index in [2.05, 4.69) is 13.0 Å². The Morgan fingerprint density at radius 1 is 1.21 bits per heavy atom. The van der Waals surface area contributed by atoms with Crippen LogP contribution < -0.4 is 0 Å². The van der Waals surface area contributed by atoms with Crippen LogP contribution in [0.2, 0.25) is 0 Å². The average molecular weight is 261 g/mol. The van der Waals surface area contributed by atoms with Crippen LogP contribution in [0.3, 0.4) is 0 Å². The molecule has 0 N–H and O–H groups in total. The number of rotatable bonds is 2. The maximum atomic E-state index is 12.3. The number of ketones is 1. The van der Waals surface area contributed by atoms with Gasteiger partial charge in [-0.25, -0.2) is 0 Å². The summed E-state index contributed by atoms with van der Waals surface area (Å²) in [7, 11) is 0. The highest BCUT2D eigenvalue weighted by Gasteiger charge is 2.47. The first kappa shape index (κ1) is 12.9. The van der Waals surface area contributed by atoms with Gasteiger partial charge in [-0.1, -0.05) is 11.6 Å². The molecule has 0 aromatic carbocycles. The Bertz CT molecular complexity index is 426. The van der Waals surface area contributed by atoms with Crippen molar-refractivity contribution in [3.63, 3.8) is 0 Å². The van der Waals surface area contributed by atoms with E-state index in [-0.39, 0.29) is 18.0 Å². The van der Waals surface area contributed by atoms with E-state index >= 15 is 0 Å². The van der Waals surface area contributed by atoms with Crippen LogP contribution in [0.4, 0.5) is 0 Å². The Hall–Kier alpha value is -1.12. The summed E-state index contributed by atoms with van der Waals surface area (Å²) < 4.78 is 0. The standard InChI is InChI=1S/C16H23NO2/c1-11(12-6-3-2-4-7-12)17-15(19)10-13-8-5-9-14(18)16(13)17/h6,11,13,16H,2-5,7-10H2,1H3. The minimum atomic E-state index is -0.112. The zero-order valence-electron chi connectivity index (χ0n) is 11.7. The molecular formula is C16H23NO2. The molecule has 19 heavy (non-hydrogen) atoms. The molecule has 3 rings (SSSR count). The van der Waals surface area contributed by atoms with Crippen molar-refractivity contribution in [2.45, 2.75) is 70.4 Å². The summed E-state index contributed by atoms with van der Waals surface area (Å²) in [5.41, 5.74) is 1.37. The Morgan fingerprint density at radius 3 is 2.79 bits per heavy atom. The second-order valence-electron chi connectivity index (χ2n) is 6.27. The fourth-order valence-electron chi connectivity index (χ4n) is 4.07. The minimum absolute atomic E-state index is 0.112. The van der Waals surface area contributed by atoms with Crippen molar-refractivity contribution in [2.75, 3.05) is 0 Å². The van der Waals surface area contributed by atoms with Gasteiger partial charge in [0.05, 0.1) is 12.1 Å². The Balaban J connectivity index is 1.83. The maximum Gasteiger partial charge on any atom is 0.224 e. The molecule has 3 aliphatic rings. The third kappa shape index (κ3) is 2.24. The van der Waals surface area contributed by atoms with Crippen molar-refractivity contribution in [1.82, 2.24) is 4.90 Å². The van der Waals surface area contributed by atoms with Crippen LogP contribution in [-0.4, -0.2) is 28.7 Å². The normalized spacial score (nSPS) is 33.1. The number of hydrogen-bond donors (Lipinski definition) is 0. The lowest BCUT2D eigenvalue weighted by atomic mass is 9.83. The van der Waals surface area contributed by atoms with Crippen LogP contribution in [0.1, 0.15) is 58.3 Å². The molecule has 104 valence electrons. The van der Waals surface area contributed by atoms with Gasteiger partial charge in [0.25, 0.3) is 0 Å². The van der Waals surface area contributed by atoms with Gasteiger partial charge in [0.15, 0.2) is 5.78 Å². The first-order valence-electron chi connectivity index (χ1n) is 7.71. The highest BCUT2D eigenvalue weighted by Crippen LogP contribution is 2.38. The van der Waals surface area contributed by atoms with Gasteiger partial charge in [-0.15, -0.1) is 0 Å². The van der Waals surface area contributed by atoms with E-state index in [0.717, 1.165) is 25.7 Å². The first-order chi connectivity index (χ1) is 9.18. The molecule has 2 fully saturated rings. The summed E-state index contributed by atoms with van der Waals surface area (Å²) >= 11 is 0. The van der Waals surface area contributed by atoms with E-state index in [1.165, 1.54) is 18.4 Å². The number of nitrogens with zero attached hydrogens (tertiary/aromatic N) is 1. The second kappa shape index (κ2) is 5.10. The molecule has 0 aromatic heterocycles. The highest BCUT2D eigenvalue weighted by atomic mass is 16.2. The molecule has 1 saturated heterocycles. The molecular weight excluding hydrogens is 238 g/mol. The van der Waals surface area contributed by atoms with Crippen molar-refractivity contribution >= 4 is 11.7 Å². The lowest BCUT2D eigenvalue weighted by Gasteiger charge is -2.36. The summed E-state index contributed by atoms with van der Waals surface area (Å²) in [6.07, 6.45) is 10.3. The van der Waals surface area contributed by atoms with Gasteiger partial charge >= 0.3 is 0 Å². The van der Waals surface area contributed by atoms with Crippen LogP contribution in [0.15, 0.2) is 11.6 Å². The van der Waals surface area contributed by atoms with Crippen molar-refractivity contribution in [1.29, 1.82) is 0 Å². The van der Waals surface area contributed by atoms with Crippen LogP contribution in [0.25, 0.3) is 0 Å². The molecule has 1 aliphatic heterocycles. The van der Waals surface area contributed by atoms with E-state index < -0.39 is 0 Å². The number of amides is 1. The van der Waals surface area contributed by atoms with Gasteiger partial charge in [0.1, 0.15) is 0 Å². The number of carbonyl (C=O) groups excluding carboxylic acids is 2. The van der Waals surface area contributed by atoms with Crippen LogP contribution in [-0.2, 0) is 9.59 Å². The van der Waals surface area contributed by atoms with Gasteiger partial charge < -0.3 is 4.90 Å². The number of hydrogen-bond acceptors (Lipinski definition) is 2. The molecule has 1 saturated carbocycles. The fraction of sp³-hybridized carbons (Fsp3) is 0.750. The third-order valence-electron chi connectivity index (χ3n) is 5.08. The van der Waals surface area contributed by atoms with Crippen molar-refractivity contribution < 1.29 is 9.59 Å². The highest BCUT2D eigenvalue weighted by molar-refractivity contribution is 5.93.